The summed E-state index contributed by atoms with van der Waals surface area (Å²) in [6.45, 7) is 0.734. The molecule has 94 valence electrons. The molecule has 4 rings (SSSR count). The van der Waals surface area contributed by atoms with Gasteiger partial charge in [0.2, 0.25) is 0 Å². The predicted octanol–water partition coefficient (Wildman–Crippen LogP) is 1.97. The average molecular weight is 252 g/mol. The SMILES string of the molecule is Cn1cnc2nc(-c3cccc4c3OCC4)ncc21. The van der Waals surface area contributed by atoms with Gasteiger partial charge in [-0.05, 0) is 11.6 Å². The Kier molecular flexibility index (Phi) is 2.09. The highest BCUT2D eigenvalue weighted by molar-refractivity contribution is 5.75. The molecule has 5 heteroatoms. The molecule has 0 aliphatic carbocycles. The van der Waals surface area contributed by atoms with Crippen LogP contribution in [0, 0.1) is 0 Å². The Balaban J connectivity index is 1.93. The van der Waals surface area contributed by atoms with Gasteiger partial charge in [-0.1, -0.05) is 12.1 Å². The van der Waals surface area contributed by atoms with Crippen LogP contribution in [0.5, 0.6) is 5.75 Å². The topological polar surface area (TPSA) is 52.8 Å². The third-order valence-electron chi connectivity index (χ3n) is 3.44. The zero-order valence-electron chi connectivity index (χ0n) is 10.5. The van der Waals surface area contributed by atoms with E-state index >= 15 is 0 Å². The number of para-hydroxylation sites is 1. The fraction of sp³-hybridized carbons (Fsp3) is 0.214. The lowest BCUT2D eigenvalue weighted by atomic mass is 10.1. The smallest absolute Gasteiger partial charge is 0.181 e. The van der Waals surface area contributed by atoms with Gasteiger partial charge in [0.1, 0.15) is 11.3 Å². The molecule has 19 heavy (non-hydrogen) atoms. The molecule has 1 aromatic carbocycles. The van der Waals surface area contributed by atoms with Crippen LogP contribution in [0.4, 0.5) is 0 Å². The summed E-state index contributed by atoms with van der Waals surface area (Å²) in [5.74, 6) is 1.59. The van der Waals surface area contributed by atoms with E-state index in [0.717, 1.165) is 29.9 Å². The summed E-state index contributed by atoms with van der Waals surface area (Å²) in [6, 6.07) is 6.11. The number of benzene rings is 1. The van der Waals surface area contributed by atoms with Crippen LogP contribution in [0.3, 0.4) is 0 Å². The van der Waals surface area contributed by atoms with Crippen LogP contribution in [0.2, 0.25) is 0 Å². The second-order valence-electron chi connectivity index (χ2n) is 4.65. The predicted molar refractivity (Wildman–Crippen MR) is 70.9 cm³/mol. The van der Waals surface area contributed by atoms with Crippen molar-refractivity contribution in [3.63, 3.8) is 0 Å². The van der Waals surface area contributed by atoms with Gasteiger partial charge >= 0.3 is 0 Å². The van der Waals surface area contributed by atoms with Crippen molar-refractivity contribution < 1.29 is 4.74 Å². The van der Waals surface area contributed by atoms with Crippen LogP contribution in [0.15, 0.2) is 30.7 Å². The van der Waals surface area contributed by atoms with Crippen LogP contribution >= 0.6 is 0 Å². The third kappa shape index (κ3) is 1.51. The molecule has 3 heterocycles. The number of imidazole rings is 1. The number of aryl methyl sites for hydroxylation is 1. The maximum Gasteiger partial charge on any atom is 0.181 e. The van der Waals surface area contributed by atoms with Crippen LogP contribution in [0.25, 0.3) is 22.6 Å². The molecular formula is C14H12N4O. The molecule has 5 nitrogen and oxygen atoms in total. The van der Waals surface area contributed by atoms with Gasteiger partial charge in [-0.2, -0.15) is 0 Å². The number of ether oxygens (including phenoxy) is 1. The number of aromatic nitrogens is 4. The molecule has 0 fully saturated rings. The van der Waals surface area contributed by atoms with E-state index in [1.54, 1.807) is 12.5 Å². The van der Waals surface area contributed by atoms with Gasteiger partial charge in [-0.15, -0.1) is 0 Å². The number of nitrogens with zero attached hydrogens (tertiary/aromatic N) is 4. The van der Waals surface area contributed by atoms with Crippen LogP contribution in [-0.2, 0) is 13.5 Å². The molecular weight excluding hydrogens is 240 g/mol. The second-order valence-corrected chi connectivity index (χ2v) is 4.65. The summed E-state index contributed by atoms with van der Waals surface area (Å²) in [7, 11) is 1.93. The first-order valence-electron chi connectivity index (χ1n) is 6.22. The molecule has 0 amide bonds. The molecule has 0 N–H and O–H groups in total. The van der Waals surface area contributed by atoms with Crippen LogP contribution in [-0.4, -0.2) is 26.1 Å². The summed E-state index contributed by atoms with van der Waals surface area (Å²) in [6.07, 6.45) is 4.50. The zero-order valence-corrected chi connectivity index (χ0v) is 10.5. The van der Waals surface area contributed by atoms with E-state index < -0.39 is 0 Å². The molecule has 3 aromatic rings. The molecule has 0 bridgehead atoms. The quantitative estimate of drug-likeness (QED) is 0.664. The first-order valence-corrected chi connectivity index (χ1v) is 6.22. The van der Waals surface area contributed by atoms with Crippen molar-refractivity contribution in [2.24, 2.45) is 7.05 Å². The van der Waals surface area contributed by atoms with Crippen molar-refractivity contribution in [3.05, 3.63) is 36.3 Å². The van der Waals surface area contributed by atoms with Crippen LogP contribution < -0.4 is 4.74 Å². The largest absolute Gasteiger partial charge is 0.492 e. The van der Waals surface area contributed by atoms with Gasteiger partial charge in [0.25, 0.3) is 0 Å². The molecule has 0 atom stereocenters. The molecule has 0 spiro atoms. The molecule has 1 aliphatic rings. The minimum atomic E-state index is 0.671. The Morgan fingerprint density at radius 3 is 3.16 bits per heavy atom. The Bertz CT molecular complexity index is 778. The van der Waals surface area contributed by atoms with Gasteiger partial charge < -0.3 is 9.30 Å². The van der Waals surface area contributed by atoms with E-state index in [1.807, 2.05) is 23.7 Å². The number of fused-ring (bicyclic) bond motifs is 2. The van der Waals surface area contributed by atoms with Crippen LogP contribution in [0.1, 0.15) is 5.56 Å². The highest BCUT2D eigenvalue weighted by Gasteiger charge is 2.19. The maximum atomic E-state index is 5.70. The van der Waals surface area contributed by atoms with Gasteiger partial charge in [0, 0.05) is 13.5 Å². The van der Waals surface area contributed by atoms with E-state index in [4.69, 9.17) is 4.74 Å². The highest BCUT2D eigenvalue weighted by atomic mass is 16.5. The molecule has 0 unspecified atom stereocenters. The monoisotopic (exact) mass is 252 g/mol. The first kappa shape index (κ1) is 10.5. The maximum absolute atomic E-state index is 5.70. The Morgan fingerprint density at radius 2 is 2.21 bits per heavy atom. The molecule has 2 aromatic heterocycles. The summed E-state index contributed by atoms with van der Waals surface area (Å²) >= 11 is 0. The number of rotatable bonds is 1. The van der Waals surface area contributed by atoms with E-state index in [1.165, 1.54) is 5.56 Å². The Labute approximate surface area is 109 Å². The van der Waals surface area contributed by atoms with Crippen molar-refractivity contribution in [2.45, 2.75) is 6.42 Å². The Morgan fingerprint density at radius 1 is 1.26 bits per heavy atom. The fourth-order valence-corrected chi connectivity index (χ4v) is 2.43. The van der Waals surface area contributed by atoms with Gasteiger partial charge in [-0.25, -0.2) is 15.0 Å². The van der Waals surface area contributed by atoms with Crippen molar-refractivity contribution >= 4 is 11.2 Å². The van der Waals surface area contributed by atoms with E-state index in [-0.39, 0.29) is 0 Å². The van der Waals surface area contributed by atoms with Crippen molar-refractivity contribution in [1.82, 2.24) is 19.5 Å². The number of hydrogen-bond donors (Lipinski definition) is 0. The lowest BCUT2D eigenvalue weighted by Gasteiger charge is -2.06. The molecule has 0 radical (unpaired) electrons. The highest BCUT2D eigenvalue weighted by Crippen LogP contribution is 2.35. The molecule has 0 saturated carbocycles. The summed E-state index contributed by atoms with van der Waals surface area (Å²) in [4.78, 5) is 13.2. The second kappa shape index (κ2) is 3.78. The zero-order chi connectivity index (χ0) is 12.8. The average Bonchev–Trinajstić information content (AvgIpc) is 3.05. The van der Waals surface area contributed by atoms with Crippen molar-refractivity contribution in [3.8, 4) is 17.1 Å². The van der Waals surface area contributed by atoms with Gasteiger partial charge in [0.05, 0.1) is 24.7 Å². The minimum absolute atomic E-state index is 0.671. The van der Waals surface area contributed by atoms with Crippen molar-refractivity contribution in [2.75, 3.05) is 6.61 Å². The standard InChI is InChI=1S/C14H12N4O/c1-18-8-16-14-11(18)7-15-13(17-14)10-4-2-3-9-5-6-19-12(9)10/h2-4,7-8H,5-6H2,1H3. The summed E-state index contributed by atoms with van der Waals surface area (Å²) in [5.41, 5.74) is 3.81. The van der Waals surface area contributed by atoms with Crippen molar-refractivity contribution in [1.29, 1.82) is 0 Å². The summed E-state index contributed by atoms with van der Waals surface area (Å²) in [5, 5.41) is 0. The molecule has 1 aliphatic heterocycles. The van der Waals surface area contributed by atoms with E-state index in [9.17, 15) is 0 Å². The first-order chi connectivity index (χ1) is 9.33. The van der Waals surface area contributed by atoms with E-state index in [0.29, 0.717) is 11.5 Å². The number of hydrogen-bond acceptors (Lipinski definition) is 4. The summed E-state index contributed by atoms with van der Waals surface area (Å²) < 4.78 is 7.60. The fourth-order valence-electron chi connectivity index (χ4n) is 2.43. The molecule has 0 saturated heterocycles. The Hall–Kier alpha value is -2.43. The van der Waals surface area contributed by atoms with Gasteiger partial charge in [0.15, 0.2) is 11.5 Å². The lowest BCUT2D eigenvalue weighted by molar-refractivity contribution is 0.358. The normalized spacial score (nSPS) is 13.5. The third-order valence-corrected chi connectivity index (χ3v) is 3.44. The van der Waals surface area contributed by atoms with Gasteiger partial charge in [-0.3, -0.25) is 0 Å². The van der Waals surface area contributed by atoms with E-state index in [2.05, 4.69) is 21.0 Å². The lowest BCUT2D eigenvalue weighted by Crippen LogP contribution is -1.94. The minimum Gasteiger partial charge on any atom is -0.492 e.